The Bertz CT molecular complexity index is 1100. The minimum Gasteiger partial charge on any atom is -0.496 e. The fourth-order valence-corrected chi connectivity index (χ4v) is 3.50. The van der Waals surface area contributed by atoms with Crippen molar-refractivity contribution < 1.29 is 13.9 Å². The Morgan fingerprint density at radius 3 is 2.71 bits per heavy atom. The largest absolute Gasteiger partial charge is 0.496 e. The van der Waals surface area contributed by atoms with Gasteiger partial charge in [0.25, 0.3) is 0 Å². The first kappa shape index (κ1) is 18.4. The normalized spacial score (nSPS) is 10.8. The highest BCUT2D eigenvalue weighted by Gasteiger charge is 2.12. The summed E-state index contributed by atoms with van der Waals surface area (Å²) in [7, 11) is 1.59. The Labute approximate surface area is 169 Å². The van der Waals surface area contributed by atoms with Crippen molar-refractivity contribution in [3.63, 3.8) is 0 Å². The molecule has 28 heavy (non-hydrogen) atoms. The topological polar surface area (TPSA) is 72.9 Å². The minimum atomic E-state index is -0.534. The average Bonchev–Trinajstić information content (AvgIpc) is 3.36. The fourth-order valence-electron chi connectivity index (χ4n) is 2.61. The molecule has 0 amide bonds. The van der Waals surface area contributed by atoms with Gasteiger partial charge in [0, 0.05) is 29.6 Å². The van der Waals surface area contributed by atoms with Gasteiger partial charge in [0.05, 0.1) is 23.9 Å². The molecule has 0 fully saturated rings. The van der Waals surface area contributed by atoms with Crippen molar-refractivity contribution in [3.8, 4) is 34.1 Å². The number of aromatic amines is 1. The smallest absolute Gasteiger partial charge is 0.212 e. The summed E-state index contributed by atoms with van der Waals surface area (Å²) in [6, 6.07) is 8.44. The number of nitrogens with zero attached hydrogens (tertiary/aromatic N) is 3. The maximum atomic E-state index is 13.0. The highest BCUT2D eigenvalue weighted by Crippen LogP contribution is 2.34. The van der Waals surface area contributed by atoms with E-state index >= 15 is 0 Å². The number of benzene rings is 1. The summed E-state index contributed by atoms with van der Waals surface area (Å²) >= 11 is 7.21. The van der Waals surface area contributed by atoms with Crippen molar-refractivity contribution >= 4 is 22.9 Å². The van der Waals surface area contributed by atoms with Gasteiger partial charge in [-0.25, -0.2) is 15.0 Å². The summed E-state index contributed by atoms with van der Waals surface area (Å²) < 4.78 is 24.8. The van der Waals surface area contributed by atoms with Crippen LogP contribution >= 0.6 is 22.9 Å². The van der Waals surface area contributed by atoms with Crippen LogP contribution in [-0.4, -0.2) is 27.0 Å². The number of aromatic nitrogens is 4. The Balaban J connectivity index is 1.55. The van der Waals surface area contributed by atoms with E-state index in [0.29, 0.717) is 34.0 Å². The van der Waals surface area contributed by atoms with E-state index in [1.165, 1.54) is 23.6 Å². The van der Waals surface area contributed by atoms with Crippen LogP contribution in [0, 0.1) is 5.95 Å². The van der Waals surface area contributed by atoms with Crippen molar-refractivity contribution in [2.24, 2.45) is 0 Å². The number of nitrogens with one attached hydrogen (secondary N) is 1. The van der Waals surface area contributed by atoms with Crippen LogP contribution in [-0.2, 0) is 6.61 Å². The third-order valence-electron chi connectivity index (χ3n) is 3.95. The molecule has 9 heteroatoms. The molecule has 0 spiro atoms. The Kier molecular flexibility index (Phi) is 5.23. The molecule has 0 aliphatic heterocycles. The summed E-state index contributed by atoms with van der Waals surface area (Å²) in [5, 5.41) is 0. The molecule has 0 aliphatic rings. The molecule has 4 aromatic rings. The SMILES string of the molecule is COc1cc(OCc2cnc(Cl)s2)ccc1-c1cnc(-c2ccc(F)nc2)[nH]1. The molecular formula is C19H14ClFN4O2S. The first-order valence-corrected chi connectivity index (χ1v) is 9.40. The van der Waals surface area contributed by atoms with E-state index in [4.69, 9.17) is 21.1 Å². The minimum absolute atomic E-state index is 0.374. The van der Waals surface area contributed by atoms with Gasteiger partial charge in [0.15, 0.2) is 4.47 Å². The quantitative estimate of drug-likeness (QED) is 0.449. The average molecular weight is 417 g/mol. The molecule has 0 unspecified atom stereocenters. The van der Waals surface area contributed by atoms with Gasteiger partial charge in [-0.1, -0.05) is 11.6 Å². The third kappa shape index (κ3) is 3.97. The Morgan fingerprint density at radius 1 is 1.11 bits per heavy atom. The summed E-state index contributed by atoms with van der Waals surface area (Å²) in [6.45, 7) is 0.374. The lowest BCUT2D eigenvalue weighted by Gasteiger charge is -2.10. The number of hydrogen-bond donors (Lipinski definition) is 1. The second kappa shape index (κ2) is 7.95. The second-order valence-corrected chi connectivity index (χ2v) is 7.44. The van der Waals surface area contributed by atoms with Gasteiger partial charge >= 0.3 is 0 Å². The lowest BCUT2D eigenvalue weighted by molar-refractivity contribution is 0.307. The number of pyridine rings is 1. The maximum Gasteiger partial charge on any atom is 0.212 e. The Morgan fingerprint density at radius 2 is 2.00 bits per heavy atom. The van der Waals surface area contributed by atoms with Crippen LogP contribution < -0.4 is 9.47 Å². The molecule has 1 N–H and O–H groups in total. The highest BCUT2D eigenvalue weighted by atomic mass is 35.5. The summed E-state index contributed by atoms with van der Waals surface area (Å²) in [4.78, 5) is 16.1. The maximum absolute atomic E-state index is 13.0. The zero-order chi connectivity index (χ0) is 19.5. The molecule has 6 nitrogen and oxygen atoms in total. The van der Waals surface area contributed by atoms with Gasteiger partial charge in [-0.2, -0.15) is 4.39 Å². The standard InChI is InChI=1S/C19H14ClFN4O2S/c1-26-16-6-12(27-10-13-8-24-19(20)28-13)3-4-14(16)15-9-23-18(25-15)11-2-5-17(21)22-7-11/h2-9H,10H2,1H3,(H,23,25). The fraction of sp³-hybridized carbons (Fsp3) is 0.105. The number of methoxy groups -OCH3 is 1. The van der Waals surface area contributed by atoms with Crippen LogP contribution in [0.25, 0.3) is 22.6 Å². The molecule has 0 saturated heterocycles. The van der Waals surface area contributed by atoms with Crippen molar-refractivity contribution in [2.45, 2.75) is 6.61 Å². The zero-order valence-corrected chi connectivity index (χ0v) is 16.2. The summed E-state index contributed by atoms with van der Waals surface area (Å²) in [6.07, 6.45) is 4.81. The van der Waals surface area contributed by atoms with Crippen LogP contribution in [0.2, 0.25) is 4.47 Å². The number of halogens is 2. The molecule has 1 aromatic carbocycles. The highest BCUT2D eigenvalue weighted by molar-refractivity contribution is 7.15. The van der Waals surface area contributed by atoms with E-state index in [0.717, 1.165) is 16.1 Å². The van der Waals surface area contributed by atoms with Crippen molar-refractivity contribution in [3.05, 3.63) is 64.2 Å². The van der Waals surface area contributed by atoms with Gasteiger partial charge in [0.2, 0.25) is 5.95 Å². The van der Waals surface area contributed by atoms with Crippen LogP contribution in [0.1, 0.15) is 4.88 Å². The molecule has 3 aromatic heterocycles. The summed E-state index contributed by atoms with van der Waals surface area (Å²) in [5.41, 5.74) is 2.27. The van der Waals surface area contributed by atoms with E-state index < -0.39 is 5.95 Å². The first-order chi connectivity index (χ1) is 13.6. The number of ether oxygens (including phenoxy) is 2. The monoisotopic (exact) mass is 416 g/mol. The van der Waals surface area contributed by atoms with Gasteiger partial charge in [0.1, 0.15) is 23.9 Å². The number of imidazole rings is 1. The molecule has 0 atom stereocenters. The van der Waals surface area contributed by atoms with Crippen LogP contribution in [0.5, 0.6) is 11.5 Å². The molecule has 0 bridgehead atoms. The van der Waals surface area contributed by atoms with Gasteiger partial charge in [-0.05, 0) is 24.3 Å². The molecule has 142 valence electrons. The van der Waals surface area contributed by atoms with E-state index in [-0.39, 0.29) is 0 Å². The predicted octanol–water partition coefficient (Wildman–Crippen LogP) is 4.98. The second-order valence-electron chi connectivity index (χ2n) is 5.75. The summed E-state index contributed by atoms with van der Waals surface area (Å²) in [5.74, 6) is 1.35. The molecule has 3 heterocycles. The van der Waals surface area contributed by atoms with Crippen molar-refractivity contribution in [2.75, 3.05) is 7.11 Å². The van der Waals surface area contributed by atoms with Crippen molar-refractivity contribution in [1.29, 1.82) is 0 Å². The lowest BCUT2D eigenvalue weighted by atomic mass is 10.1. The lowest BCUT2D eigenvalue weighted by Crippen LogP contribution is -1.95. The molecule has 4 rings (SSSR count). The van der Waals surface area contributed by atoms with E-state index in [2.05, 4.69) is 19.9 Å². The number of rotatable bonds is 6. The molecule has 0 radical (unpaired) electrons. The first-order valence-electron chi connectivity index (χ1n) is 8.21. The molecular weight excluding hydrogens is 403 g/mol. The van der Waals surface area contributed by atoms with Crippen LogP contribution in [0.4, 0.5) is 4.39 Å². The van der Waals surface area contributed by atoms with E-state index in [9.17, 15) is 4.39 Å². The van der Waals surface area contributed by atoms with Crippen molar-refractivity contribution in [1.82, 2.24) is 19.9 Å². The van der Waals surface area contributed by atoms with Crippen LogP contribution in [0.3, 0.4) is 0 Å². The zero-order valence-electron chi connectivity index (χ0n) is 14.6. The van der Waals surface area contributed by atoms with E-state index in [1.807, 2.05) is 12.1 Å². The molecule has 0 saturated carbocycles. The number of thiazole rings is 1. The molecule has 0 aliphatic carbocycles. The van der Waals surface area contributed by atoms with Crippen LogP contribution in [0.15, 0.2) is 48.9 Å². The number of H-pyrrole nitrogens is 1. The van der Waals surface area contributed by atoms with E-state index in [1.54, 1.807) is 31.6 Å². The van der Waals surface area contributed by atoms with Gasteiger partial charge in [-0.15, -0.1) is 11.3 Å². The van der Waals surface area contributed by atoms with Gasteiger partial charge < -0.3 is 14.5 Å². The third-order valence-corrected chi connectivity index (χ3v) is 5.03. The number of hydrogen-bond acceptors (Lipinski definition) is 6. The van der Waals surface area contributed by atoms with Gasteiger partial charge in [-0.3, -0.25) is 0 Å². The Hall–Kier alpha value is -2.97. The predicted molar refractivity (Wildman–Crippen MR) is 105 cm³/mol.